The van der Waals surface area contributed by atoms with E-state index in [-0.39, 0.29) is 23.9 Å². The molecule has 0 spiro atoms. The second-order valence-corrected chi connectivity index (χ2v) is 6.45. The highest BCUT2D eigenvalue weighted by Gasteiger charge is 2.09. The van der Waals surface area contributed by atoms with Gasteiger partial charge < -0.3 is 5.32 Å². The maximum atomic E-state index is 12.3. The van der Waals surface area contributed by atoms with Crippen LogP contribution in [0.25, 0.3) is 10.9 Å². The first-order valence-electron chi connectivity index (χ1n) is 8.21. The first kappa shape index (κ1) is 17.2. The normalized spacial score (nSPS) is 12.5. The minimum atomic E-state index is -0.101. The van der Waals surface area contributed by atoms with Crippen LogP contribution in [0.5, 0.6) is 0 Å². The van der Waals surface area contributed by atoms with Gasteiger partial charge in [-0.05, 0) is 37.8 Å². The van der Waals surface area contributed by atoms with Crippen molar-refractivity contribution in [2.24, 2.45) is 5.92 Å². The van der Waals surface area contributed by atoms with Crippen molar-refractivity contribution in [3.05, 3.63) is 40.9 Å². The van der Waals surface area contributed by atoms with Crippen molar-refractivity contribution in [1.29, 1.82) is 0 Å². The third-order valence-corrected chi connectivity index (χ3v) is 3.90. The number of para-hydroxylation sites is 1. The molecule has 0 bridgehead atoms. The molecule has 0 saturated carbocycles. The van der Waals surface area contributed by atoms with Crippen LogP contribution in [0.2, 0.25) is 0 Å². The Bertz CT molecular complexity index is 722. The van der Waals surface area contributed by atoms with E-state index < -0.39 is 0 Å². The number of rotatable bonds is 7. The second-order valence-electron chi connectivity index (χ2n) is 6.45. The summed E-state index contributed by atoms with van der Waals surface area (Å²) in [6.45, 7) is 6.71. The summed E-state index contributed by atoms with van der Waals surface area (Å²) in [5, 5.41) is 3.57. The summed E-state index contributed by atoms with van der Waals surface area (Å²) in [7, 11) is 0. The Balaban J connectivity index is 1.92. The number of aryl methyl sites for hydroxylation is 1. The van der Waals surface area contributed by atoms with Crippen LogP contribution in [0.3, 0.4) is 0 Å². The Morgan fingerprint density at radius 2 is 1.96 bits per heavy atom. The lowest BCUT2D eigenvalue weighted by Crippen LogP contribution is -2.34. The summed E-state index contributed by atoms with van der Waals surface area (Å²) in [6.07, 6.45) is 3.86. The van der Waals surface area contributed by atoms with Crippen LogP contribution in [0.15, 0.2) is 35.4 Å². The molecule has 0 aliphatic heterocycles. The van der Waals surface area contributed by atoms with Gasteiger partial charge >= 0.3 is 0 Å². The molecule has 0 saturated heterocycles. The van der Waals surface area contributed by atoms with Gasteiger partial charge in [0, 0.05) is 19.0 Å². The summed E-state index contributed by atoms with van der Waals surface area (Å²) < 4.78 is 1.50. The zero-order chi connectivity index (χ0) is 16.8. The van der Waals surface area contributed by atoms with Crippen LogP contribution in [-0.2, 0) is 11.3 Å². The van der Waals surface area contributed by atoms with Crippen molar-refractivity contribution in [2.45, 2.75) is 52.6 Å². The van der Waals surface area contributed by atoms with E-state index in [1.807, 2.05) is 25.1 Å². The molecule has 5 heteroatoms. The lowest BCUT2D eigenvalue weighted by atomic mass is 10.0. The monoisotopic (exact) mass is 315 g/mol. The zero-order valence-corrected chi connectivity index (χ0v) is 14.1. The summed E-state index contributed by atoms with van der Waals surface area (Å²) >= 11 is 0. The van der Waals surface area contributed by atoms with Crippen molar-refractivity contribution in [3.63, 3.8) is 0 Å². The van der Waals surface area contributed by atoms with Crippen LogP contribution >= 0.6 is 0 Å². The van der Waals surface area contributed by atoms with Crippen molar-refractivity contribution in [2.75, 3.05) is 0 Å². The molecular formula is C18H25N3O2. The van der Waals surface area contributed by atoms with Crippen LogP contribution in [0, 0.1) is 5.92 Å². The molecule has 0 radical (unpaired) electrons. The molecular weight excluding hydrogens is 290 g/mol. The summed E-state index contributed by atoms with van der Waals surface area (Å²) in [6, 6.07) is 7.40. The average Bonchev–Trinajstić information content (AvgIpc) is 2.52. The Kier molecular flexibility index (Phi) is 5.90. The third-order valence-electron chi connectivity index (χ3n) is 3.90. The second kappa shape index (κ2) is 7.90. The number of hydrogen-bond acceptors (Lipinski definition) is 3. The highest BCUT2D eigenvalue weighted by Crippen LogP contribution is 2.07. The predicted octanol–water partition coefficient (Wildman–Crippen LogP) is 2.73. The van der Waals surface area contributed by atoms with E-state index >= 15 is 0 Å². The highest BCUT2D eigenvalue weighted by atomic mass is 16.2. The number of hydrogen-bond donors (Lipinski definition) is 1. The molecule has 1 N–H and O–H groups in total. The van der Waals surface area contributed by atoms with Gasteiger partial charge in [-0.3, -0.25) is 14.2 Å². The zero-order valence-electron chi connectivity index (χ0n) is 14.1. The van der Waals surface area contributed by atoms with Crippen LogP contribution in [0.1, 0.15) is 40.0 Å². The fourth-order valence-electron chi connectivity index (χ4n) is 2.49. The smallest absolute Gasteiger partial charge is 0.261 e. The minimum Gasteiger partial charge on any atom is -0.354 e. The van der Waals surface area contributed by atoms with Gasteiger partial charge in [0.2, 0.25) is 5.91 Å². The fourth-order valence-corrected chi connectivity index (χ4v) is 2.49. The number of nitrogens with zero attached hydrogens (tertiary/aromatic N) is 2. The highest BCUT2D eigenvalue weighted by molar-refractivity contribution is 5.77. The maximum absolute atomic E-state index is 12.3. The number of amides is 1. The Hall–Kier alpha value is -2.17. The molecule has 0 aliphatic rings. The summed E-state index contributed by atoms with van der Waals surface area (Å²) in [5.41, 5.74) is 0.580. The van der Waals surface area contributed by atoms with Crippen LogP contribution < -0.4 is 10.9 Å². The molecule has 1 heterocycles. The Labute approximate surface area is 136 Å². The first-order chi connectivity index (χ1) is 11.0. The van der Waals surface area contributed by atoms with Crippen LogP contribution in [-0.4, -0.2) is 21.5 Å². The van der Waals surface area contributed by atoms with Crippen molar-refractivity contribution < 1.29 is 4.79 Å². The molecule has 5 nitrogen and oxygen atoms in total. The van der Waals surface area contributed by atoms with Gasteiger partial charge in [0.05, 0.1) is 17.2 Å². The molecule has 1 aromatic heterocycles. The quantitative estimate of drug-likeness (QED) is 0.854. The van der Waals surface area contributed by atoms with Gasteiger partial charge in [0.15, 0.2) is 0 Å². The molecule has 1 amide bonds. The molecule has 124 valence electrons. The number of nitrogens with one attached hydrogen (secondary N) is 1. The van der Waals surface area contributed by atoms with E-state index in [1.165, 1.54) is 10.9 Å². The molecule has 1 unspecified atom stereocenters. The van der Waals surface area contributed by atoms with Gasteiger partial charge in [0.1, 0.15) is 0 Å². The summed E-state index contributed by atoms with van der Waals surface area (Å²) in [5.74, 6) is 0.609. The van der Waals surface area contributed by atoms with E-state index in [4.69, 9.17) is 0 Å². The SMILES string of the molecule is CC(C)CCC(C)NC(=O)CCn1cnc2ccccc2c1=O. The number of fused-ring (bicyclic) bond motifs is 1. The summed E-state index contributed by atoms with van der Waals surface area (Å²) in [4.78, 5) is 28.6. The van der Waals surface area contributed by atoms with Gasteiger partial charge in [-0.1, -0.05) is 26.0 Å². The van der Waals surface area contributed by atoms with E-state index in [0.29, 0.717) is 23.4 Å². The molecule has 2 rings (SSSR count). The van der Waals surface area contributed by atoms with Crippen molar-refractivity contribution in [1.82, 2.24) is 14.9 Å². The Morgan fingerprint density at radius 3 is 2.70 bits per heavy atom. The molecule has 1 aromatic carbocycles. The third kappa shape index (κ3) is 4.91. The van der Waals surface area contributed by atoms with Gasteiger partial charge in [-0.25, -0.2) is 4.98 Å². The fraction of sp³-hybridized carbons (Fsp3) is 0.500. The van der Waals surface area contributed by atoms with E-state index in [9.17, 15) is 9.59 Å². The molecule has 0 fully saturated rings. The standard InChI is InChI=1S/C18H25N3O2/c1-13(2)8-9-14(3)20-17(22)10-11-21-12-19-16-7-5-4-6-15(16)18(21)23/h4-7,12-14H,8-11H2,1-3H3,(H,20,22). The number of aromatic nitrogens is 2. The number of carbonyl (C=O) groups is 1. The molecule has 1 atom stereocenters. The lowest BCUT2D eigenvalue weighted by molar-refractivity contribution is -0.122. The minimum absolute atomic E-state index is 0.0266. The first-order valence-corrected chi connectivity index (χ1v) is 8.21. The Morgan fingerprint density at radius 1 is 1.22 bits per heavy atom. The lowest BCUT2D eigenvalue weighted by Gasteiger charge is -2.15. The molecule has 0 aliphatic carbocycles. The van der Waals surface area contributed by atoms with Gasteiger partial charge in [-0.15, -0.1) is 0 Å². The van der Waals surface area contributed by atoms with E-state index in [0.717, 1.165) is 12.8 Å². The average molecular weight is 315 g/mol. The topological polar surface area (TPSA) is 64.0 Å². The number of benzene rings is 1. The molecule has 2 aromatic rings. The molecule has 23 heavy (non-hydrogen) atoms. The van der Waals surface area contributed by atoms with Crippen LogP contribution in [0.4, 0.5) is 0 Å². The van der Waals surface area contributed by atoms with Gasteiger partial charge in [0.25, 0.3) is 5.56 Å². The van der Waals surface area contributed by atoms with Crippen molar-refractivity contribution in [3.8, 4) is 0 Å². The predicted molar refractivity (Wildman–Crippen MR) is 92.3 cm³/mol. The number of carbonyl (C=O) groups excluding carboxylic acids is 1. The van der Waals surface area contributed by atoms with Crippen molar-refractivity contribution >= 4 is 16.8 Å². The van der Waals surface area contributed by atoms with Gasteiger partial charge in [-0.2, -0.15) is 0 Å². The van der Waals surface area contributed by atoms with E-state index in [2.05, 4.69) is 24.1 Å². The largest absolute Gasteiger partial charge is 0.354 e. The van der Waals surface area contributed by atoms with E-state index in [1.54, 1.807) is 6.07 Å². The maximum Gasteiger partial charge on any atom is 0.261 e.